The van der Waals surface area contributed by atoms with Gasteiger partial charge in [-0.15, -0.1) is 0 Å². The lowest BCUT2D eigenvalue weighted by molar-refractivity contribution is 0.0526. The van der Waals surface area contributed by atoms with Crippen LogP contribution in [0, 0.1) is 0 Å². The number of nitrogens with zero attached hydrogens (tertiary/aromatic N) is 3. The van der Waals surface area contributed by atoms with Crippen LogP contribution < -0.4 is 5.32 Å². The number of nitrogens with one attached hydrogen (secondary N) is 1. The van der Waals surface area contributed by atoms with E-state index in [9.17, 15) is 9.59 Å². The van der Waals surface area contributed by atoms with E-state index in [0.717, 1.165) is 31.4 Å². The summed E-state index contributed by atoms with van der Waals surface area (Å²) in [7, 11) is 0. The van der Waals surface area contributed by atoms with E-state index in [0.29, 0.717) is 29.1 Å². The topological polar surface area (TPSA) is 85.6 Å². The number of aromatic nitrogens is 3. The van der Waals surface area contributed by atoms with Crippen LogP contribution in [0.1, 0.15) is 58.2 Å². The first kappa shape index (κ1) is 18.2. The number of hydrogen-bond donors (Lipinski definition) is 1. The summed E-state index contributed by atoms with van der Waals surface area (Å²) in [5.74, 6) is -0.659. The molecule has 144 valence electrons. The largest absolute Gasteiger partial charge is 0.462 e. The van der Waals surface area contributed by atoms with Gasteiger partial charge in [-0.2, -0.15) is 5.10 Å². The standard InChI is InChI=1S/C21H22N4O3/c1-2-28-21(27)14-8-10-16(11-9-14)24-20(26)17-13-23-25-18-7-5-3-4-6-15(18)12-22-19(17)25/h8-13H,2-7H2,1H3,(H,24,26). The van der Waals surface area contributed by atoms with Crippen molar-refractivity contribution >= 4 is 23.2 Å². The van der Waals surface area contributed by atoms with E-state index in [1.54, 1.807) is 41.9 Å². The van der Waals surface area contributed by atoms with Gasteiger partial charge in [-0.3, -0.25) is 4.79 Å². The van der Waals surface area contributed by atoms with Crippen LogP contribution in [0.2, 0.25) is 0 Å². The van der Waals surface area contributed by atoms with Crippen molar-refractivity contribution in [1.29, 1.82) is 0 Å². The van der Waals surface area contributed by atoms with E-state index in [-0.39, 0.29) is 11.9 Å². The van der Waals surface area contributed by atoms with Gasteiger partial charge in [0.2, 0.25) is 0 Å². The van der Waals surface area contributed by atoms with Crippen LogP contribution >= 0.6 is 0 Å². The molecule has 0 atom stereocenters. The van der Waals surface area contributed by atoms with Crippen molar-refractivity contribution in [3.63, 3.8) is 0 Å². The van der Waals surface area contributed by atoms with Crippen molar-refractivity contribution in [2.24, 2.45) is 0 Å². The lowest BCUT2D eigenvalue weighted by Gasteiger charge is -2.08. The van der Waals surface area contributed by atoms with Crippen molar-refractivity contribution in [2.75, 3.05) is 11.9 Å². The molecule has 0 bridgehead atoms. The second kappa shape index (κ2) is 7.80. The molecular formula is C21H22N4O3. The number of esters is 1. The summed E-state index contributed by atoms with van der Waals surface area (Å²) < 4.78 is 6.77. The van der Waals surface area contributed by atoms with E-state index in [4.69, 9.17) is 4.74 Å². The number of carbonyl (C=O) groups excluding carboxylic acids is 2. The second-order valence-corrected chi connectivity index (χ2v) is 6.84. The highest BCUT2D eigenvalue weighted by Crippen LogP contribution is 2.22. The summed E-state index contributed by atoms with van der Waals surface area (Å²) in [6, 6.07) is 6.61. The second-order valence-electron chi connectivity index (χ2n) is 6.84. The molecule has 2 aromatic heterocycles. The van der Waals surface area contributed by atoms with Gasteiger partial charge in [-0.05, 0) is 62.4 Å². The van der Waals surface area contributed by atoms with E-state index >= 15 is 0 Å². The fourth-order valence-electron chi connectivity index (χ4n) is 3.54. The zero-order chi connectivity index (χ0) is 19.5. The molecule has 0 unspecified atom stereocenters. The summed E-state index contributed by atoms with van der Waals surface area (Å²) in [6.45, 7) is 2.08. The Balaban J connectivity index is 1.56. The zero-order valence-corrected chi connectivity index (χ0v) is 15.8. The van der Waals surface area contributed by atoms with Crippen molar-refractivity contribution in [2.45, 2.75) is 39.0 Å². The molecule has 1 aliphatic rings. The third-order valence-corrected chi connectivity index (χ3v) is 4.97. The minimum atomic E-state index is -0.382. The average Bonchev–Trinajstić information content (AvgIpc) is 2.99. The van der Waals surface area contributed by atoms with E-state index < -0.39 is 0 Å². The van der Waals surface area contributed by atoms with Gasteiger partial charge in [0.1, 0.15) is 5.56 Å². The van der Waals surface area contributed by atoms with E-state index in [1.165, 1.54) is 12.0 Å². The predicted molar refractivity (Wildman–Crippen MR) is 105 cm³/mol. The van der Waals surface area contributed by atoms with Gasteiger partial charge in [-0.1, -0.05) is 6.42 Å². The smallest absolute Gasteiger partial charge is 0.338 e. The molecule has 7 heteroatoms. The van der Waals surface area contributed by atoms with E-state index in [2.05, 4.69) is 15.4 Å². The molecule has 1 amide bonds. The lowest BCUT2D eigenvalue weighted by atomic mass is 10.1. The average molecular weight is 378 g/mol. The molecule has 0 spiro atoms. The maximum absolute atomic E-state index is 12.8. The molecule has 0 fully saturated rings. The molecule has 1 aromatic carbocycles. The lowest BCUT2D eigenvalue weighted by Crippen LogP contribution is -2.13. The number of fused-ring (bicyclic) bond motifs is 3. The van der Waals surface area contributed by atoms with Gasteiger partial charge in [0.15, 0.2) is 5.65 Å². The normalized spacial score (nSPS) is 13.6. The van der Waals surface area contributed by atoms with Crippen LogP contribution in [0.25, 0.3) is 5.65 Å². The van der Waals surface area contributed by atoms with Crippen molar-refractivity contribution in [3.8, 4) is 0 Å². The molecule has 0 radical (unpaired) electrons. The van der Waals surface area contributed by atoms with Crippen LogP contribution in [0.15, 0.2) is 36.7 Å². The van der Waals surface area contributed by atoms with Gasteiger partial charge in [0, 0.05) is 17.6 Å². The number of carbonyl (C=O) groups is 2. The van der Waals surface area contributed by atoms with Gasteiger partial charge < -0.3 is 10.1 Å². The Morgan fingerprint density at radius 3 is 2.68 bits per heavy atom. The molecular weight excluding hydrogens is 356 g/mol. The molecule has 1 N–H and O–H groups in total. The van der Waals surface area contributed by atoms with Gasteiger partial charge in [-0.25, -0.2) is 14.3 Å². The minimum absolute atomic E-state index is 0.278. The molecule has 28 heavy (non-hydrogen) atoms. The molecule has 0 saturated heterocycles. The maximum Gasteiger partial charge on any atom is 0.338 e. The van der Waals surface area contributed by atoms with Gasteiger partial charge in [0.05, 0.1) is 18.4 Å². The highest BCUT2D eigenvalue weighted by atomic mass is 16.5. The first-order chi connectivity index (χ1) is 13.7. The SMILES string of the molecule is CCOC(=O)c1ccc(NC(=O)c2cnn3c4c(cnc23)CCCCC4)cc1. The number of amides is 1. The fraction of sp³-hybridized carbons (Fsp3) is 0.333. The number of benzene rings is 1. The van der Waals surface area contributed by atoms with Gasteiger partial charge in [0.25, 0.3) is 5.91 Å². The minimum Gasteiger partial charge on any atom is -0.462 e. The monoisotopic (exact) mass is 378 g/mol. The first-order valence-electron chi connectivity index (χ1n) is 9.60. The van der Waals surface area contributed by atoms with Crippen LogP contribution in [-0.2, 0) is 17.6 Å². The highest BCUT2D eigenvalue weighted by molar-refractivity contribution is 6.08. The Morgan fingerprint density at radius 1 is 1.11 bits per heavy atom. The Labute approximate surface area is 162 Å². The van der Waals surface area contributed by atoms with Gasteiger partial charge >= 0.3 is 5.97 Å². The third-order valence-electron chi connectivity index (χ3n) is 4.97. The highest BCUT2D eigenvalue weighted by Gasteiger charge is 2.19. The number of ether oxygens (including phenoxy) is 1. The summed E-state index contributed by atoms with van der Waals surface area (Å²) in [4.78, 5) is 29.0. The van der Waals surface area contributed by atoms with Crippen LogP contribution in [0.3, 0.4) is 0 Å². The number of rotatable bonds is 4. The number of aryl methyl sites for hydroxylation is 2. The maximum atomic E-state index is 12.8. The number of anilines is 1. The Hall–Kier alpha value is -3.22. The zero-order valence-electron chi connectivity index (χ0n) is 15.8. The molecule has 7 nitrogen and oxygen atoms in total. The fourth-order valence-corrected chi connectivity index (χ4v) is 3.54. The molecule has 4 rings (SSSR count). The number of hydrogen-bond acceptors (Lipinski definition) is 5. The first-order valence-corrected chi connectivity index (χ1v) is 9.60. The van der Waals surface area contributed by atoms with Crippen LogP contribution in [0.4, 0.5) is 5.69 Å². The Bertz CT molecular complexity index is 1020. The predicted octanol–water partition coefficient (Wildman–Crippen LogP) is 3.43. The van der Waals surface area contributed by atoms with Crippen molar-refractivity contribution < 1.29 is 14.3 Å². The summed E-state index contributed by atoms with van der Waals surface area (Å²) in [6.07, 6.45) is 8.89. The molecule has 0 aliphatic heterocycles. The van der Waals surface area contributed by atoms with Crippen molar-refractivity contribution in [3.05, 3.63) is 59.0 Å². The van der Waals surface area contributed by atoms with Crippen LogP contribution in [0.5, 0.6) is 0 Å². The Kier molecular flexibility index (Phi) is 5.06. The molecule has 1 aliphatic carbocycles. The van der Waals surface area contributed by atoms with Crippen molar-refractivity contribution in [1.82, 2.24) is 14.6 Å². The molecule has 3 aromatic rings. The van der Waals surface area contributed by atoms with E-state index in [1.807, 2.05) is 6.20 Å². The summed E-state index contributed by atoms with van der Waals surface area (Å²) in [5, 5.41) is 7.27. The third kappa shape index (κ3) is 3.47. The quantitative estimate of drug-likeness (QED) is 0.555. The summed E-state index contributed by atoms with van der Waals surface area (Å²) >= 11 is 0. The summed E-state index contributed by atoms with van der Waals surface area (Å²) in [5.41, 5.74) is 4.41. The Morgan fingerprint density at radius 2 is 1.89 bits per heavy atom. The molecule has 2 heterocycles. The van der Waals surface area contributed by atoms with Crippen LogP contribution in [-0.4, -0.2) is 33.1 Å². The molecule has 0 saturated carbocycles.